The van der Waals surface area contributed by atoms with E-state index in [0.717, 1.165) is 23.7 Å². The van der Waals surface area contributed by atoms with Crippen molar-refractivity contribution in [3.8, 4) is 0 Å². The smallest absolute Gasteiger partial charge is 0.0412 e. The molecule has 0 nitrogen and oxygen atoms in total. The molecule has 0 N–H and O–H groups in total. The molecule has 2 atom stereocenters. The van der Waals surface area contributed by atoms with Gasteiger partial charge in [0.15, 0.2) is 0 Å². The van der Waals surface area contributed by atoms with Gasteiger partial charge in [-0.25, -0.2) is 0 Å². The van der Waals surface area contributed by atoms with E-state index in [2.05, 4.69) is 27.7 Å². The zero-order valence-corrected chi connectivity index (χ0v) is 12.0. The van der Waals surface area contributed by atoms with Crippen LogP contribution in [-0.4, -0.2) is 0 Å². The summed E-state index contributed by atoms with van der Waals surface area (Å²) in [5.41, 5.74) is 0. The second-order valence-electron chi connectivity index (χ2n) is 6.84. The molecule has 2 unspecified atom stereocenters. The molecule has 1 rings (SSSR count). The first-order valence-corrected chi connectivity index (χ1v) is 7.58. The molecule has 0 saturated heterocycles. The van der Waals surface area contributed by atoms with Crippen molar-refractivity contribution in [1.29, 1.82) is 0 Å². The number of hydrogen-bond acceptors (Lipinski definition) is 0. The quantitative estimate of drug-likeness (QED) is 0.545. The lowest BCUT2D eigenvalue weighted by Crippen LogP contribution is -2.16. The molecule has 0 radical (unpaired) electrons. The van der Waals surface area contributed by atoms with E-state index in [4.69, 9.17) is 0 Å². The highest BCUT2D eigenvalue weighted by atomic mass is 14.3. The standard InChI is InChI=1S/C16H32/c1-13(2)8-10-15-6-5-7-16(12-15)11-9-14(3)4/h13-16H,5-12H2,1-4H3. The Hall–Kier alpha value is 0. The van der Waals surface area contributed by atoms with Crippen molar-refractivity contribution in [2.24, 2.45) is 23.7 Å². The minimum absolute atomic E-state index is 0.899. The highest BCUT2D eigenvalue weighted by Crippen LogP contribution is 2.35. The van der Waals surface area contributed by atoms with Crippen LogP contribution in [-0.2, 0) is 0 Å². The van der Waals surface area contributed by atoms with Crippen LogP contribution >= 0.6 is 0 Å². The van der Waals surface area contributed by atoms with Crippen LogP contribution in [0.5, 0.6) is 0 Å². The Morgan fingerprint density at radius 2 is 1.25 bits per heavy atom. The SMILES string of the molecule is CC(C)CCC1CCCC(CCC(C)C)C1. The van der Waals surface area contributed by atoms with E-state index in [1.54, 1.807) is 6.42 Å². The fourth-order valence-electron chi connectivity index (χ4n) is 3.06. The van der Waals surface area contributed by atoms with E-state index in [1.807, 2.05) is 0 Å². The maximum Gasteiger partial charge on any atom is -0.0412 e. The predicted octanol–water partition coefficient (Wildman–Crippen LogP) is 5.67. The molecule has 0 amide bonds. The van der Waals surface area contributed by atoms with Crippen molar-refractivity contribution in [2.45, 2.75) is 79.1 Å². The summed E-state index contributed by atoms with van der Waals surface area (Å²) in [6, 6.07) is 0. The minimum Gasteiger partial charge on any atom is -0.0628 e. The van der Waals surface area contributed by atoms with E-state index in [-0.39, 0.29) is 0 Å². The van der Waals surface area contributed by atoms with Crippen molar-refractivity contribution < 1.29 is 0 Å². The average molecular weight is 224 g/mol. The minimum atomic E-state index is 0.899. The normalized spacial score (nSPS) is 26.6. The van der Waals surface area contributed by atoms with Gasteiger partial charge in [-0.2, -0.15) is 0 Å². The average Bonchev–Trinajstić information content (AvgIpc) is 2.24. The Morgan fingerprint density at radius 1 is 0.812 bits per heavy atom. The lowest BCUT2D eigenvalue weighted by molar-refractivity contribution is 0.226. The summed E-state index contributed by atoms with van der Waals surface area (Å²) in [6.45, 7) is 9.44. The second kappa shape index (κ2) is 7.35. The molecule has 96 valence electrons. The monoisotopic (exact) mass is 224 g/mol. The summed E-state index contributed by atoms with van der Waals surface area (Å²) in [6.07, 6.45) is 12.0. The maximum absolute atomic E-state index is 2.36. The summed E-state index contributed by atoms with van der Waals surface area (Å²) in [4.78, 5) is 0. The van der Waals surface area contributed by atoms with E-state index in [9.17, 15) is 0 Å². The summed E-state index contributed by atoms with van der Waals surface area (Å²) in [5, 5.41) is 0. The van der Waals surface area contributed by atoms with Crippen LogP contribution in [0.3, 0.4) is 0 Å². The van der Waals surface area contributed by atoms with Gasteiger partial charge in [0.2, 0.25) is 0 Å². The van der Waals surface area contributed by atoms with Gasteiger partial charge in [-0.3, -0.25) is 0 Å². The van der Waals surface area contributed by atoms with Crippen molar-refractivity contribution in [3.63, 3.8) is 0 Å². The fourth-order valence-corrected chi connectivity index (χ4v) is 3.06. The Bertz CT molecular complexity index is 151. The molecule has 1 aliphatic carbocycles. The first kappa shape index (κ1) is 14.1. The summed E-state index contributed by atoms with van der Waals surface area (Å²) in [5.74, 6) is 3.92. The van der Waals surface area contributed by atoms with Crippen molar-refractivity contribution in [3.05, 3.63) is 0 Å². The molecule has 0 aromatic heterocycles. The third-order valence-electron chi connectivity index (χ3n) is 4.20. The van der Waals surface area contributed by atoms with Crippen LogP contribution in [0.1, 0.15) is 79.1 Å². The van der Waals surface area contributed by atoms with Crippen LogP contribution in [0.2, 0.25) is 0 Å². The topological polar surface area (TPSA) is 0 Å². The van der Waals surface area contributed by atoms with E-state index in [1.165, 1.54) is 44.9 Å². The third kappa shape index (κ3) is 5.92. The molecule has 0 aliphatic heterocycles. The lowest BCUT2D eigenvalue weighted by atomic mass is 9.76. The van der Waals surface area contributed by atoms with E-state index in [0.29, 0.717) is 0 Å². The highest BCUT2D eigenvalue weighted by Gasteiger charge is 2.21. The van der Waals surface area contributed by atoms with Crippen molar-refractivity contribution in [2.75, 3.05) is 0 Å². The fraction of sp³-hybridized carbons (Fsp3) is 1.00. The Balaban J connectivity index is 2.19. The molecule has 1 fully saturated rings. The van der Waals surface area contributed by atoms with Crippen LogP contribution in [0.15, 0.2) is 0 Å². The molecule has 0 spiro atoms. The van der Waals surface area contributed by atoms with Crippen LogP contribution < -0.4 is 0 Å². The van der Waals surface area contributed by atoms with Gasteiger partial charge in [-0.15, -0.1) is 0 Å². The highest BCUT2D eigenvalue weighted by molar-refractivity contribution is 4.74. The largest absolute Gasteiger partial charge is 0.0628 e. The molecular weight excluding hydrogens is 192 g/mol. The summed E-state index contributed by atoms with van der Waals surface area (Å²) >= 11 is 0. The Morgan fingerprint density at radius 3 is 1.62 bits per heavy atom. The van der Waals surface area contributed by atoms with Gasteiger partial charge >= 0.3 is 0 Å². The van der Waals surface area contributed by atoms with E-state index >= 15 is 0 Å². The van der Waals surface area contributed by atoms with Gasteiger partial charge in [-0.05, 0) is 30.1 Å². The molecule has 0 heterocycles. The van der Waals surface area contributed by atoms with Crippen molar-refractivity contribution in [1.82, 2.24) is 0 Å². The third-order valence-corrected chi connectivity index (χ3v) is 4.20. The van der Waals surface area contributed by atoms with Crippen LogP contribution in [0.25, 0.3) is 0 Å². The summed E-state index contributed by atoms with van der Waals surface area (Å²) < 4.78 is 0. The Labute approximate surface area is 103 Å². The molecule has 0 aromatic rings. The van der Waals surface area contributed by atoms with Gasteiger partial charge in [0.05, 0.1) is 0 Å². The van der Waals surface area contributed by atoms with Crippen LogP contribution in [0, 0.1) is 23.7 Å². The predicted molar refractivity (Wildman–Crippen MR) is 73.6 cm³/mol. The van der Waals surface area contributed by atoms with E-state index < -0.39 is 0 Å². The second-order valence-corrected chi connectivity index (χ2v) is 6.84. The number of hydrogen-bond donors (Lipinski definition) is 0. The molecule has 1 saturated carbocycles. The lowest BCUT2D eigenvalue weighted by Gasteiger charge is -2.30. The maximum atomic E-state index is 2.36. The van der Waals surface area contributed by atoms with Gasteiger partial charge in [0.1, 0.15) is 0 Å². The first-order chi connectivity index (χ1) is 7.58. The Kier molecular flexibility index (Phi) is 6.46. The van der Waals surface area contributed by atoms with Gasteiger partial charge in [-0.1, -0.05) is 72.6 Å². The molecule has 0 bridgehead atoms. The van der Waals surface area contributed by atoms with Gasteiger partial charge in [0.25, 0.3) is 0 Å². The van der Waals surface area contributed by atoms with Gasteiger partial charge < -0.3 is 0 Å². The zero-order chi connectivity index (χ0) is 12.0. The first-order valence-electron chi connectivity index (χ1n) is 7.58. The molecule has 0 aromatic carbocycles. The number of rotatable bonds is 6. The van der Waals surface area contributed by atoms with Crippen molar-refractivity contribution >= 4 is 0 Å². The summed E-state index contributed by atoms with van der Waals surface area (Å²) in [7, 11) is 0. The molecule has 0 heteroatoms. The molecule has 16 heavy (non-hydrogen) atoms. The van der Waals surface area contributed by atoms with Crippen LogP contribution in [0.4, 0.5) is 0 Å². The molecule has 1 aliphatic rings. The molecular formula is C16H32. The van der Waals surface area contributed by atoms with Gasteiger partial charge in [0, 0.05) is 0 Å². The zero-order valence-electron chi connectivity index (χ0n) is 12.0.